The minimum atomic E-state index is -3.59. The molecule has 2 heterocycles. The predicted molar refractivity (Wildman–Crippen MR) is 121 cm³/mol. The molecule has 10 nitrogen and oxygen atoms in total. The van der Waals surface area contributed by atoms with Crippen molar-refractivity contribution in [1.82, 2.24) is 24.7 Å². The van der Waals surface area contributed by atoms with Crippen LogP contribution in [-0.4, -0.2) is 55.2 Å². The fourth-order valence-electron chi connectivity index (χ4n) is 3.73. The Labute approximate surface area is 187 Å². The molecule has 2 aromatic heterocycles. The van der Waals surface area contributed by atoms with Gasteiger partial charge in [0.05, 0.1) is 24.4 Å². The van der Waals surface area contributed by atoms with E-state index in [4.69, 9.17) is 9.47 Å². The normalized spacial score (nSPS) is 15.2. The number of methoxy groups -OCH3 is 1. The largest absolute Gasteiger partial charge is 0.476 e. The summed E-state index contributed by atoms with van der Waals surface area (Å²) in [4.78, 5) is 16.4. The van der Waals surface area contributed by atoms with Gasteiger partial charge in [-0.1, -0.05) is 19.3 Å². The van der Waals surface area contributed by atoms with E-state index >= 15 is 0 Å². The number of nitrogens with zero attached hydrogens (tertiary/aromatic N) is 3. The summed E-state index contributed by atoms with van der Waals surface area (Å²) in [6, 6.07) is 6.35. The van der Waals surface area contributed by atoms with Crippen LogP contribution in [0.2, 0.25) is 0 Å². The Morgan fingerprint density at radius 3 is 2.66 bits per heavy atom. The summed E-state index contributed by atoms with van der Waals surface area (Å²) in [5, 5.41) is 3.10. The number of fused-ring (bicyclic) bond motifs is 1. The highest BCUT2D eigenvalue weighted by molar-refractivity contribution is 7.89. The zero-order valence-corrected chi connectivity index (χ0v) is 18.8. The number of nitrogens with one attached hydrogen (secondary N) is 3. The fourth-order valence-corrected chi connectivity index (χ4v) is 4.74. The summed E-state index contributed by atoms with van der Waals surface area (Å²) in [7, 11) is -2.07. The van der Waals surface area contributed by atoms with Crippen LogP contribution in [0.15, 0.2) is 35.5 Å². The van der Waals surface area contributed by atoms with Gasteiger partial charge >= 0.3 is 0 Å². The highest BCUT2D eigenvalue weighted by Crippen LogP contribution is 2.27. The van der Waals surface area contributed by atoms with E-state index in [0.29, 0.717) is 47.8 Å². The maximum Gasteiger partial charge on any atom is 0.245 e. The summed E-state index contributed by atoms with van der Waals surface area (Å²) < 4.78 is 38.0. The van der Waals surface area contributed by atoms with Crippen molar-refractivity contribution in [3.63, 3.8) is 0 Å². The summed E-state index contributed by atoms with van der Waals surface area (Å²) in [6.45, 7) is 1.13. The maximum atomic E-state index is 12.3. The third-order valence-electron chi connectivity index (χ3n) is 5.45. The van der Waals surface area contributed by atoms with Crippen LogP contribution < -0.4 is 14.8 Å². The fraction of sp³-hybridized carbons (Fsp3) is 0.476. The average Bonchev–Trinajstić information content (AvgIpc) is 3.27. The van der Waals surface area contributed by atoms with E-state index in [9.17, 15) is 8.42 Å². The molecule has 0 saturated heterocycles. The summed E-state index contributed by atoms with van der Waals surface area (Å²) >= 11 is 0. The van der Waals surface area contributed by atoms with Crippen LogP contribution in [0.25, 0.3) is 11.2 Å². The molecule has 4 rings (SSSR count). The Morgan fingerprint density at radius 2 is 1.91 bits per heavy atom. The van der Waals surface area contributed by atoms with Crippen LogP contribution in [0.3, 0.4) is 0 Å². The summed E-state index contributed by atoms with van der Waals surface area (Å²) in [5.41, 5.74) is 1.81. The smallest absolute Gasteiger partial charge is 0.245 e. The molecule has 3 aromatic rings. The van der Waals surface area contributed by atoms with Gasteiger partial charge in [0.15, 0.2) is 5.65 Å². The van der Waals surface area contributed by atoms with E-state index < -0.39 is 10.0 Å². The van der Waals surface area contributed by atoms with Gasteiger partial charge in [-0.25, -0.2) is 18.1 Å². The molecule has 0 radical (unpaired) electrons. The number of rotatable bonds is 10. The van der Waals surface area contributed by atoms with Crippen molar-refractivity contribution in [2.24, 2.45) is 5.92 Å². The quantitative estimate of drug-likeness (QED) is 0.394. The van der Waals surface area contributed by atoms with Gasteiger partial charge in [0.2, 0.25) is 21.9 Å². The third-order valence-corrected chi connectivity index (χ3v) is 6.93. The van der Waals surface area contributed by atoms with Crippen molar-refractivity contribution in [2.75, 3.05) is 32.2 Å². The number of sulfonamides is 1. The maximum absolute atomic E-state index is 12.3. The van der Waals surface area contributed by atoms with Crippen molar-refractivity contribution in [3.05, 3.63) is 30.6 Å². The van der Waals surface area contributed by atoms with E-state index in [2.05, 4.69) is 30.0 Å². The van der Waals surface area contributed by atoms with E-state index in [0.717, 1.165) is 0 Å². The van der Waals surface area contributed by atoms with Gasteiger partial charge in [0, 0.05) is 19.3 Å². The number of anilines is 2. The monoisotopic (exact) mass is 460 g/mol. The number of aromatic nitrogens is 4. The highest BCUT2D eigenvalue weighted by Gasteiger charge is 2.18. The first-order valence-corrected chi connectivity index (χ1v) is 12.2. The molecule has 32 heavy (non-hydrogen) atoms. The Hall–Kier alpha value is -2.76. The van der Waals surface area contributed by atoms with Gasteiger partial charge < -0.3 is 19.8 Å². The zero-order chi connectivity index (χ0) is 22.4. The molecule has 0 aliphatic heterocycles. The number of H-pyrrole nitrogens is 1. The Kier molecular flexibility index (Phi) is 7.18. The second-order valence-electron chi connectivity index (χ2n) is 7.81. The molecule has 3 N–H and O–H groups in total. The van der Waals surface area contributed by atoms with Gasteiger partial charge in [-0.3, -0.25) is 0 Å². The first kappa shape index (κ1) is 22.4. The van der Waals surface area contributed by atoms with Crippen molar-refractivity contribution in [2.45, 2.75) is 37.0 Å². The lowest BCUT2D eigenvalue weighted by Crippen LogP contribution is -2.27. The lowest BCUT2D eigenvalue weighted by atomic mass is 9.90. The van der Waals surface area contributed by atoms with Crippen molar-refractivity contribution in [1.29, 1.82) is 0 Å². The SMILES string of the molecule is COCCNS(=O)(=O)c1ccc(Nc2nc(OCC3CCCCC3)c3[nH]cnc3n2)cc1. The van der Waals surface area contributed by atoms with Crippen LogP contribution in [-0.2, 0) is 14.8 Å². The topological polar surface area (TPSA) is 131 Å². The van der Waals surface area contributed by atoms with Crippen LogP contribution in [0.5, 0.6) is 5.88 Å². The average molecular weight is 461 g/mol. The van der Waals surface area contributed by atoms with Crippen molar-refractivity contribution < 1.29 is 17.9 Å². The van der Waals surface area contributed by atoms with E-state index in [-0.39, 0.29) is 11.4 Å². The number of imidazole rings is 1. The van der Waals surface area contributed by atoms with Crippen LogP contribution in [0.1, 0.15) is 32.1 Å². The number of hydrogen-bond acceptors (Lipinski definition) is 8. The molecule has 0 atom stereocenters. The molecule has 1 aliphatic carbocycles. The Bertz CT molecular complexity index is 1130. The van der Waals surface area contributed by atoms with Gasteiger partial charge in [0.1, 0.15) is 5.52 Å². The van der Waals surface area contributed by atoms with E-state index in [1.54, 1.807) is 18.5 Å². The molecule has 1 fully saturated rings. The Morgan fingerprint density at radius 1 is 1.12 bits per heavy atom. The third kappa shape index (κ3) is 5.53. The van der Waals surface area contributed by atoms with Gasteiger partial charge in [-0.15, -0.1) is 0 Å². The number of aromatic amines is 1. The summed E-state index contributed by atoms with van der Waals surface area (Å²) in [6.07, 6.45) is 7.71. The molecular weight excluding hydrogens is 432 g/mol. The molecule has 0 bridgehead atoms. The van der Waals surface area contributed by atoms with Crippen molar-refractivity contribution >= 4 is 32.8 Å². The molecule has 0 amide bonds. The molecule has 0 unspecified atom stereocenters. The second kappa shape index (κ2) is 10.2. The minimum Gasteiger partial charge on any atom is -0.476 e. The molecular formula is C21H28N6O4S. The first-order valence-electron chi connectivity index (χ1n) is 10.7. The standard InChI is InChI=1S/C21H28N6O4S/c1-30-12-11-24-32(28,29)17-9-7-16(8-10-17)25-21-26-19-18(22-14-23-19)20(27-21)31-13-15-5-3-2-4-6-15/h7-10,14-15,24H,2-6,11-13H2,1H3,(H2,22,23,25,26,27). The van der Waals surface area contributed by atoms with Gasteiger partial charge in [-0.2, -0.15) is 9.97 Å². The lowest BCUT2D eigenvalue weighted by Gasteiger charge is -2.21. The predicted octanol–water partition coefficient (Wildman–Crippen LogP) is 2.98. The van der Waals surface area contributed by atoms with E-state index in [1.807, 2.05) is 0 Å². The minimum absolute atomic E-state index is 0.166. The first-order chi connectivity index (χ1) is 15.5. The molecule has 11 heteroatoms. The Balaban J connectivity index is 1.46. The van der Waals surface area contributed by atoms with Gasteiger partial charge in [-0.05, 0) is 43.0 Å². The number of benzene rings is 1. The second-order valence-corrected chi connectivity index (χ2v) is 9.58. The van der Waals surface area contributed by atoms with E-state index in [1.165, 1.54) is 51.3 Å². The number of hydrogen-bond donors (Lipinski definition) is 3. The lowest BCUT2D eigenvalue weighted by molar-refractivity contribution is 0.204. The molecule has 0 spiro atoms. The molecule has 1 aliphatic rings. The van der Waals surface area contributed by atoms with Crippen LogP contribution >= 0.6 is 0 Å². The molecule has 1 saturated carbocycles. The molecule has 1 aromatic carbocycles. The number of ether oxygens (including phenoxy) is 2. The zero-order valence-electron chi connectivity index (χ0n) is 18.0. The van der Waals surface area contributed by atoms with Crippen LogP contribution in [0, 0.1) is 5.92 Å². The van der Waals surface area contributed by atoms with Gasteiger partial charge in [0.25, 0.3) is 0 Å². The van der Waals surface area contributed by atoms with Crippen molar-refractivity contribution in [3.8, 4) is 5.88 Å². The van der Waals surface area contributed by atoms with Crippen LogP contribution in [0.4, 0.5) is 11.6 Å². The molecule has 172 valence electrons. The highest BCUT2D eigenvalue weighted by atomic mass is 32.2. The summed E-state index contributed by atoms with van der Waals surface area (Å²) in [5.74, 6) is 1.33.